The first-order valence-electron chi connectivity index (χ1n) is 9.96. The zero-order chi connectivity index (χ0) is 21.4. The maximum atomic E-state index is 13.0. The fourth-order valence-corrected chi connectivity index (χ4v) is 3.97. The van der Waals surface area contributed by atoms with Crippen molar-refractivity contribution in [3.8, 4) is 5.82 Å². The Bertz CT molecular complexity index is 1360. The van der Waals surface area contributed by atoms with Gasteiger partial charge in [0.1, 0.15) is 10.5 Å². The number of anilines is 2. The van der Waals surface area contributed by atoms with E-state index in [0.717, 1.165) is 25.2 Å². The zero-order valence-corrected chi connectivity index (χ0v) is 17.4. The molecule has 5 rings (SSSR count). The first-order chi connectivity index (χ1) is 15.1. The Kier molecular flexibility index (Phi) is 5.01. The fourth-order valence-electron chi connectivity index (χ4n) is 3.81. The molecule has 1 aliphatic rings. The fraction of sp³-hybridized carbons (Fsp3) is 0.182. The standard InChI is InChI=1S/C22H20ClN7O/c1-2-10-29-21(31)17-13-25-22(26-16-7-6-14-8-9-24-12-15(14)11-16)28-20(17)30(29)19-5-3-4-18(23)27-19/h2-7,11,13,24H,1,8-10,12H2,(H,25,26,28). The van der Waals surface area contributed by atoms with E-state index in [2.05, 4.69) is 44.3 Å². The van der Waals surface area contributed by atoms with Crippen molar-refractivity contribution in [2.24, 2.45) is 0 Å². The van der Waals surface area contributed by atoms with E-state index in [-0.39, 0.29) is 5.56 Å². The molecule has 1 aliphatic heterocycles. The van der Waals surface area contributed by atoms with E-state index in [4.69, 9.17) is 11.6 Å². The minimum Gasteiger partial charge on any atom is -0.324 e. The number of hydrogen-bond acceptors (Lipinski definition) is 6. The summed E-state index contributed by atoms with van der Waals surface area (Å²) in [6.45, 7) is 5.89. The molecule has 0 saturated carbocycles. The van der Waals surface area contributed by atoms with Crippen molar-refractivity contribution in [3.63, 3.8) is 0 Å². The number of benzene rings is 1. The van der Waals surface area contributed by atoms with Crippen molar-refractivity contribution in [1.29, 1.82) is 0 Å². The van der Waals surface area contributed by atoms with Crippen LogP contribution in [0.25, 0.3) is 16.9 Å². The summed E-state index contributed by atoms with van der Waals surface area (Å²) in [5.41, 5.74) is 3.72. The van der Waals surface area contributed by atoms with Crippen LogP contribution in [0, 0.1) is 0 Å². The number of halogens is 1. The molecule has 0 aliphatic carbocycles. The Hall–Kier alpha value is -3.49. The molecule has 31 heavy (non-hydrogen) atoms. The van der Waals surface area contributed by atoms with E-state index >= 15 is 0 Å². The molecule has 2 N–H and O–H groups in total. The molecule has 0 fully saturated rings. The Morgan fingerprint density at radius 3 is 2.97 bits per heavy atom. The highest BCUT2D eigenvalue weighted by Gasteiger charge is 2.18. The second kappa shape index (κ2) is 7.98. The lowest BCUT2D eigenvalue weighted by molar-refractivity contribution is 0.597. The van der Waals surface area contributed by atoms with Crippen LogP contribution in [0.15, 0.2) is 60.0 Å². The largest absolute Gasteiger partial charge is 0.324 e. The molecular weight excluding hydrogens is 414 g/mol. The highest BCUT2D eigenvalue weighted by molar-refractivity contribution is 6.29. The maximum Gasteiger partial charge on any atom is 0.278 e. The van der Waals surface area contributed by atoms with Gasteiger partial charge in [-0.15, -0.1) is 6.58 Å². The van der Waals surface area contributed by atoms with Gasteiger partial charge < -0.3 is 10.6 Å². The summed E-state index contributed by atoms with van der Waals surface area (Å²) in [7, 11) is 0. The minimum absolute atomic E-state index is 0.219. The molecule has 0 bridgehead atoms. The summed E-state index contributed by atoms with van der Waals surface area (Å²) in [6.07, 6.45) is 4.20. The summed E-state index contributed by atoms with van der Waals surface area (Å²) in [5, 5.41) is 7.36. The van der Waals surface area contributed by atoms with Crippen LogP contribution in [0.4, 0.5) is 11.6 Å². The lowest BCUT2D eigenvalue weighted by atomic mass is 10.0. The molecule has 9 heteroatoms. The maximum absolute atomic E-state index is 13.0. The Morgan fingerprint density at radius 2 is 2.13 bits per heavy atom. The molecule has 0 amide bonds. The Morgan fingerprint density at radius 1 is 1.23 bits per heavy atom. The number of allylic oxidation sites excluding steroid dienone is 1. The van der Waals surface area contributed by atoms with Crippen molar-refractivity contribution in [2.75, 3.05) is 11.9 Å². The zero-order valence-electron chi connectivity index (χ0n) is 16.7. The van der Waals surface area contributed by atoms with E-state index < -0.39 is 0 Å². The normalized spacial score (nSPS) is 13.2. The number of aromatic nitrogens is 5. The molecule has 0 saturated heterocycles. The summed E-state index contributed by atoms with van der Waals surface area (Å²) in [5.74, 6) is 0.883. The average Bonchev–Trinajstić information content (AvgIpc) is 3.05. The molecule has 0 radical (unpaired) electrons. The smallest absolute Gasteiger partial charge is 0.278 e. The van der Waals surface area contributed by atoms with E-state index in [9.17, 15) is 4.79 Å². The van der Waals surface area contributed by atoms with Crippen LogP contribution in [0.1, 0.15) is 11.1 Å². The topological polar surface area (TPSA) is 89.7 Å². The lowest BCUT2D eigenvalue weighted by Gasteiger charge is -2.18. The molecule has 1 aromatic carbocycles. The van der Waals surface area contributed by atoms with Gasteiger partial charge >= 0.3 is 0 Å². The van der Waals surface area contributed by atoms with Gasteiger partial charge in [0.25, 0.3) is 5.56 Å². The van der Waals surface area contributed by atoms with Crippen LogP contribution in [-0.4, -0.2) is 30.9 Å². The SMILES string of the molecule is C=CCn1c(=O)c2cnc(Nc3ccc4c(c3)CNCC4)nc2n1-c1cccc(Cl)n1. The van der Waals surface area contributed by atoms with Gasteiger partial charge in [-0.05, 0) is 48.4 Å². The van der Waals surface area contributed by atoms with Crippen molar-refractivity contribution in [2.45, 2.75) is 19.5 Å². The van der Waals surface area contributed by atoms with Crippen molar-refractivity contribution in [3.05, 3.63) is 81.9 Å². The predicted molar refractivity (Wildman–Crippen MR) is 121 cm³/mol. The molecule has 0 unspecified atom stereocenters. The Balaban J connectivity index is 1.61. The molecule has 4 heterocycles. The van der Waals surface area contributed by atoms with E-state index in [1.165, 1.54) is 22.0 Å². The predicted octanol–water partition coefficient (Wildman–Crippen LogP) is 3.21. The first kappa shape index (κ1) is 19.5. The van der Waals surface area contributed by atoms with Crippen LogP contribution < -0.4 is 16.2 Å². The van der Waals surface area contributed by atoms with Crippen LogP contribution in [0.5, 0.6) is 0 Å². The Labute approximate surface area is 183 Å². The molecule has 3 aromatic heterocycles. The molecule has 0 atom stereocenters. The molecule has 156 valence electrons. The van der Waals surface area contributed by atoms with Gasteiger partial charge in [-0.3, -0.25) is 4.79 Å². The number of fused-ring (bicyclic) bond motifs is 2. The van der Waals surface area contributed by atoms with Gasteiger partial charge in [0.2, 0.25) is 5.95 Å². The highest BCUT2D eigenvalue weighted by Crippen LogP contribution is 2.22. The molecule has 4 aromatic rings. The third kappa shape index (κ3) is 3.60. The average molecular weight is 434 g/mol. The van der Waals surface area contributed by atoms with Crippen molar-refractivity contribution < 1.29 is 0 Å². The number of pyridine rings is 1. The number of hydrogen-bond donors (Lipinski definition) is 2. The third-order valence-corrected chi connectivity index (χ3v) is 5.45. The molecular formula is C22H20ClN7O. The van der Waals surface area contributed by atoms with Crippen LogP contribution in [0.3, 0.4) is 0 Å². The van der Waals surface area contributed by atoms with Gasteiger partial charge in [0.05, 0.1) is 6.54 Å². The van der Waals surface area contributed by atoms with E-state index in [1.807, 2.05) is 6.07 Å². The number of nitrogens with one attached hydrogen (secondary N) is 2. The van der Waals surface area contributed by atoms with Crippen LogP contribution >= 0.6 is 11.6 Å². The van der Waals surface area contributed by atoms with Gasteiger partial charge in [-0.1, -0.05) is 29.8 Å². The van der Waals surface area contributed by atoms with Crippen LogP contribution in [0.2, 0.25) is 5.15 Å². The van der Waals surface area contributed by atoms with Crippen molar-refractivity contribution in [1.82, 2.24) is 29.6 Å². The number of rotatable bonds is 5. The number of nitrogens with zero attached hydrogens (tertiary/aromatic N) is 5. The van der Waals surface area contributed by atoms with Crippen LogP contribution in [-0.2, 0) is 19.5 Å². The van der Waals surface area contributed by atoms with E-state index in [0.29, 0.717) is 34.5 Å². The summed E-state index contributed by atoms with van der Waals surface area (Å²) >= 11 is 6.10. The van der Waals surface area contributed by atoms with Crippen molar-refractivity contribution >= 4 is 34.3 Å². The summed E-state index contributed by atoms with van der Waals surface area (Å²) < 4.78 is 3.16. The lowest BCUT2D eigenvalue weighted by Crippen LogP contribution is -2.23. The van der Waals surface area contributed by atoms with Gasteiger partial charge in [0.15, 0.2) is 11.5 Å². The van der Waals surface area contributed by atoms with Gasteiger partial charge in [-0.2, -0.15) is 4.98 Å². The molecule has 0 spiro atoms. The first-order valence-corrected chi connectivity index (χ1v) is 10.3. The minimum atomic E-state index is -0.219. The highest BCUT2D eigenvalue weighted by atomic mass is 35.5. The molecule has 8 nitrogen and oxygen atoms in total. The summed E-state index contributed by atoms with van der Waals surface area (Å²) in [6, 6.07) is 11.5. The third-order valence-electron chi connectivity index (χ3n) is 5.24. The monoisotopic (exact) mass is 433 g/mol. The second-order valence-electron chi connectivity index (χ2n) is 7.27. The quantitative estimate of drug-likeness (QED) is 0.371. The van der Waals surface area contributed by atoms with E-state index in [1.54, 1.807) is 29.0 Å². The van der Waals surface area contributed by atoms with Gasteiger partial charge in [-0.25, -0.2) is 19.3 Å². The van der Waals surface area contributed by atoms with Gasteiger partial charge in [0, 0.05) is 18.4 Å². The summed E-state index contributed by atoms with van der Waals surface area (Å²) in [4.78, 5) is 26.3. The second-order valence-corrected chi connectivity index (χ2v) is 7.66.